The van der Waals surface area contributed by atoms with Gasteiger partial charge in [0.1, 0.15) is 0 Å². The summed E-state index contributed by atoms with van der Waals surface area (Å²) in [5.74, 6) is 0. The van der Waals surface area contributed by atoms with Crippen molar-refractivity contribution in [2.75, 3.05) is 25.2 Å². The van der Waals surface area contributed by atoms with Crippen LogP contribution in [0.15, 0.2) is 0 Å². The highest BCUT2D eigenvalue weighted by atomic mass is 27.1. The van der Waals surface area contributed by atoms with Crippen LogP contribution in [-0.4, -0.2) is 40.4 Å². The van der Waals surface area contributed by atoms with Crippen molar-refractivity contribution in [1.29, 1.82) is 0 Å². The molecule has 0 fully saturated rings. The van der Waals surface area contributed by atoms with Crippen molar-refractivity contribution in [3.05, 3.63) is 0 Å². The molecule has 0 aliphatic rings. The van der Waals surface area contributed by atoms with Crippen LogP contribution >= 0.6 is 0 Å². The number of hydrogen-bond acceptors (Lipinski definition) is 2. The first kappa shape index (κ1) is 7.45. The third kappa shape index (κ3) is 6.45. The van der Waals surface area contributed by atoms with Crippen molar-refractivity contribution in [2.45, 2.75) is 0 Å². The van der Waals surface area contributed by atoms with Gasteiger partial charge in [-0.25, -0.2) is 0 Å². The van der Waals surface area contributed by atoms with Gasteiger partial charge in [0.25, 0.3) is 15.2 Å². The predicted molar refractivity (Wildman–Crippen MR) is 29.5 cm³/mol. The van der Waals surface area contributed by atoms with Crippen LogP contribution in [0.4, 0.5) is 0 Å². The second-order valence-corrected chi connectivity index (χ2v) is 2.44. The monoisotopic (exact) mass is 117 g/mol. The van der Waals surface area contributed by atoms with E-state index in [4.69, 9.17) is 9.47 Å². The van der Waals surface area contributed by atoms with E-state index in [0.29, 0.717) is 15.2 Å². The van der Waals surface area contributed by atoms with Crippen LogP contribution in [0.3, 0.4) is 0 Å². The van der Waals surface area contributed by atoms with Gasteiger partial charge in [0.15, 0.2) is 0 Å². The highest BCUT2D eigenvalue weighted by Crippen LogP contribution is 1.65. The maximum Gasteiger partial charge on any atom is 0.286 e. The summed E-state index contributed by atoms with van der Waals surface area (Å²) in [4.78, 5) is 0. The zero-order valence-electron chi connectivity index (χ0n) is 4.81. The zero-order chi connectivity index (χ0) is 5.54. The van der Waals surface area contributed by atoms with Gasteiger partial charge in [-0.05, 0) is 10.9 Å². The topological polar surface area (TPSA) is 18.5 Å². The molecule has 0 aliphatic carbocycles. The van der Waals surface area contributed by atoms with E-state index in [9.17, 15) is 0 Å². The molecule has 0 atom stereocenters. The fourth-order valence-corrected chi connectivity index (χ4v) is 0.851. The molecule has 0 rings (SSSR count). The second kappa shape index (κ2) is 6.45. The molecule has 0 aromatic carbocycles. The fraction of sp³-hybridized carbons (Fsp3) is 1.00. The molecular formula is C4H10AlO2. The predicted octanol–water partition coefficient (Wildman–Crippen LogP) is -0.102. The Kier molecular flexibility index (Phi) is 6.87. The molecule has 0 aromatic rings. The molecule has 0 N–H and O–H groups in total. The Labute approximate surface area is 50.5 Å². The van der Waals surface area contributed by atoms with E-state index in [1.165, 1.54) is 0 Å². The van der Waals surface area contributed by atoms with Crippen molar-refractivity contribution >= 4 is 15.2 Å². The van der Waals surface area contributed by atoms with Gasteiger partial charge in [-0.1, -0.05) is 0 Å². The van der Waals surface area contributed by atoms with Crippen LogP contribution < -0.4 is 0 Å². The van der Waals surface area contributed by atoms with Crippen molar-refractivity contribution < 1.29 is 9.47 Å². The molecule has 0 amide bonds. The Hall–Kier alpha value is 0.452. The second-order valence-electron chi connectivity index (χ2n) is 1.20. The standard InChI is InChI=1S/2C2H5O.Al/c2*1-3-2;/h2*1H2,2H3;. The van der Waals surface area contributed by atoms with Crippen LogP contribution in [0.5, 0.6) is 0 Å². The maximum absolute atomic E-state index is 4.80. The summed E-state index contributed by atoms with van der Waals surface area (Å²) in [6, 6.07) is 0. The van der Waals surface area contributed by atoms with Gasteiger partial charge in [-0.2, -0.15) is 0 Å². The lowest BCUT2D eigenvalue weighted by atomic mass is 11.5. The average molecular weight is 117 g/mol. The van der Waals surface area contributed by atoms with E-state index in [2.05, 4.69) is 0 Å². The first-order valence-electron chi connectivity index (χ1n) is 2.21. The molecule has 41 valence electrons. The largest absolute Gasteiger partial charge is 0.401 e. The summed E-state index contributed by atoms with van der Waals surface area (Å²) in [7, 11) is 3.42. The quantitative estimate of drug-likeness (QED) is 0.378. The SMILES string of the molecule is CO[CH2][Al][CH2]OC. The number of hydrogen-bond donors (Lipinski definition) is 0. The van der Waals surface area contributed by atoms with Crippen LogP contribution in [0.1, 0.15) is 0 Å². The summed E-state index contributed by atoms with van der Waals surface area (Å²) in [6.45, 7) is 0. The molecule has 0 bridgehead atoms. The van der Waals surface area contributed by atoms with E-state index in [-0.39, 0.29) is 0 Å². The summed E-state index contributed by atoms with van der Waals surface area (Å²) in [5, 5.41) is 0. The van der Waals surface area contributed by atoms with Crippen molar-refractivity contribution in [3.63, 3.8) is 0 Å². The Morgan fingerprint density at radius 1 is 1.14 bits per heavy atom. The molecule has 3 heteroatoms. The van der Waals surface area contributed by atoms with E-state index in [1.807, 2.05) is 0 Å². The zero-order valence-corrected chi connectivity index (χ0v) is 5.96. The Morgan fingerprint density at radius 3 is 1.86 bits per heavy atom. The molecule has 1 radical (unpaired) electrons. The molecule has 0 unspecified atom stereocenters. The first-order chi connectivity index (χ1) is 3.41. The third-order valence-corrected chi connectivity index (χ3v) is 1.71. The molecule has 0 heterocycles. The van der Waals surface area contributed by atoms with Gasteiger partial charge in [0, 0.05) is 14.2 Å². The lowest BCUT2D eigenvalue weighted by molar-refractivity contribution is 0.227. The first-order valence-corrected chi connectivity index (χ1v) is 3.84. The smallest absolute Gasteiger partial charge is 0.286 e. The van der Waals surface area contributed by atoms with E-state index >= 15 is 0 Å². The van der Waals surface area contributed by atoms with Crippen molar-refractivity contribution in [1.82, 2.24) is 0 Å². The fourth-order valence-electron chi connectivity index (χ4n) is 0.284. The van der Waals surface area contributed by atoms with Crippen LogP contribution in [0.2, 0.25) is 0 Å². The molecule has 2 nitrogen and oxygen atoms in total. The van der Waals surface area contributed by atoms with Gasteiger partial charge in [0.05, 0.1) is 0 Å². The summed E-state index contributed by atoms with van der Waals surface area (Å²) >= 11 is 0.377. The van der Waals surface area contributed by atoms with Gasteiger partial charge >= 0.3 is 0 Å². The number of rotatable bonds is 4. The lowest BCUT2D eigenvalue weighted by Crippen LogP contribution is -2.07. The number of methoxy groups -OCH3 is 2. The molecule has 0 aromatic heterocycles. The minimum Gasteiger partial charge on any atom is -0.401 e. The van der Waals surface area contributed by atoms with Crippen molar-refractivity contribution in [2.24, 2.45) is 0 Å². The minimum absolute atomic E-state index is 0.377. The Morgan fingerprint density at radius 2 is 1.57 bits per heavy atom. The van der Waals surface area contributed by atoms with Crippen molar-refractivity contribution in [3.8, 4) is 0 Å². The molecule has 0 spiro atoms. The van der Waals surface area contributed by atoms with Gasteiger partial charge in [0.2, 0.25) is 0 Å². The Balaban J connectivity index is 2.45. The van der Waals surface area contributed by atoms with Crippen LogP contribution in [0, 0.1) is 0 Å². The minimum atomic E-state index is 0.377. The molecule has 0 saturated carbocycles. The third-order valence-electron chi connectivity index (χ3n) is 0.569. The van der Waals surface area contributed by atoms with Crippen LogP contribution in [-0.2, 0) is 9.47 Å². The molecular weight excluding hydrogens is 107 g/mol. The average Bonchev–Trinajstić information content (AvgIpc) is 1.69. The van der Waals surface area contributed by atoms with E-state index in [0.717, 1.165) is 10.9 Å². The van der Waals surface area contributed by atoms with Gasteiger partial charge in [-0.3, -0.25) is 0 Å². The normalized spacial score (nSPS) is 8.86. The summed E-state index contributed by atoms with van der Waals surface area (Å²) < 4.78 is 9.60. The van der Waals surface area contributed by atoms with E-state index in [1.54, 1.807) is 14.2 Å². The van der Waals surface area contributed by atoms with Gasteiger partial charge in [-0.15, -0.1) is 0 Å². The Bertz CT molecular complexity index is 28.9. The molecule has 0 saturated heterocycles. The maximum atomic E-state index is 4.80. The highest BCUT2D eigenvalue weighted by Gasteiger charge is 1.86. The lowest BCUT2D eigenvalue weighted by Gasteiger charge is -1.92. The molecule has 0 aliphatic heterocycles. The van der Waals surface area contributed by atoms with E-state index < -0.39 is 0 Å². The van der Waals surface area contributed by atoms with Gasteiger partial charge < -0.3 is 9.47 Å². The molecule has 7 heavy (non-hydrogen) atoms. The summed E-state index contributed by atoms with van der Waals surface area (Å²) in [5.41, 5.74) is 1.77. The highest BCUT2D eigenvalue weighted by molar-refractivity contribution is 6.34. The summed E-state index contributed by atoms with van der Waals surface area (Å²) in [6.07, 6.45) is 0. The van der Waals surface area contributed by atoms with Crippen LogP contribution in [0.25, 0.3) is 0 Å². The number of ether oxygens (including phenoxy) is 2.